The number of hydrogen-bond acceptors (Lipinski definition) is 8. The second-order valence-electron chi connectivity index (χ2n) is 16.1. The Balaban J connectivity index is 0.945. The molecule has 3 atom stereocenters. The number of nitrogens with zero attached hydrogens (tertiary/aromatic N) is 3. The zero-order valence-corrected chi connectivity index (χ0v) is 31.6. The van der Waals surface area contributed by atoms with Crippen molar-refractivity contribution in [2.75, 3.05) is 43.4 Å². The molecular weight excluding hydrogens is 693 g/mol. The van der Waals surface area contributed by atoms with Crippen molar-refractivity contribution in [1.29, 1.82) is 0 Å². The molecule has 0 spiro atoms. The number of pyridine rings is 1. The third kappa shape index (κ3) is 8.14. The first kappa shape index (κ1) is 36.8. The van der Waals surface area contributed by atoms with Crippen LogP contribution in [-0.4, -0.2) is 82.7 Å². The maximum Gasteiger partial charge on any atom is 0.307 e. The molecule has 4 heterocycles. The highest BCUT2D eigenvalue weighted by Gasteiger charge is 2.35. The number of carbonyl (C=O) groups is 4. The monoisotopic (exact) mass is 742 g/mol. The lowest BCUT2D eigenvalue weighted by atomic mass is 9.94. The topological polar surface area (TPSA) is 144 Å². The van der Waals surface area contributed by atoms with Gasteiger partial charge >= 0.3 is 5.97 Å². The Bertz CT molecular complexity index is 2080. The Hall–Kier alpha value is -5.13. The first-order valence-corrected chi connectivity index (χ1v) is 19.8. The van der Waals surface area contributed by atoms with E-state index in [0.717, 1.165) is 104 Å². The van der Waals surface area contributed by atoms with Crippen LogP contribution in [0.1, 0.15) is 77.2 Å². The van der Waals surface area contributed by atoms with E-state index in [1.807, 2.05) is 68.7 Å². The summed E-state index contributed by atoms with van der Waals surface area (Å²) in [4.78, 5) is 59.2. The van der Waals surface area contributed by atoms with Gasteiger partial charge in [-0.15, -0.1) is 0 Å². The van der Waals surface area contributed by atoms with E-state index in [0.29, 0.717) is 42.7 Å². The van der Waals surface area contributed by atoms with Gasteiger partial charge in [-0.3, -0.25) is 29.2 Å². The molecule has 8 rings (SSSR count). The van der Waals surface area contributed by atoms with E-state index < -0.39 is 12.0 Å². The largest absolute Gasteiger partial charge is 0.481 e. The van der Waals surface area contributed by atoms with E-state index in [4.69, 9.17) is 0 Å². The molecule has 2 aromatic carbocycles. The molecule has 3 aromatic rings. The first-order valence-electron chi connectivity index (χ1n) is 19.8. The Labute approximate surface area is 322 Å². The predicted octanol–water partition coefficient (Wildman–Crippen LogP) is 6.05. The number of carboxylic acids is 1. The van der Waals surface area contributed by atoms with Crippen LogP contribution in [0.15, 0.2) is 72.1 Å². The molecule has 1 aromatic heterocycles. The molecule has 11 nitrogen and oxygen atoms in total. The molecule has 11 heteroatoms. The summed E-state index contributed by atoms with van der Waals surface area (Å²) in [5.41, 5.74) is 10.2. The summed E-state index contributed by atoms with van der Waals surface area (Å²) in [7, 11) is 0. The van der Waals surface area contributed by atoms with E-state index >= 15 is 0 Å². The average molecular weight is 743 g/mol. The summed E-state index contributed by atoms with van der Waals surface area (Å²) in [6, 6.07) is 13.2. The van der Waals surface area contributed by atoms with E-state index in [1.54, 1.807) is 0 Å². The Morgan fingerprint density at radius 2 is 1.55 bits per heavy atom. The van der Waals surface area contributed by atoms with Gasteiger partial charge in [-0.25, -0.2) is 0 Å². The molecule has 2 aliphatic carbocycles. The third-order valence-electron chi connectivity index (χ3n) is 12.1. The van der Waals surface area contributed by atoms with Crippen LogP contribution in [0.2, 0.25) is 0 Å². The standard InChI is InChI=1S/C44H50N6O5/c1-26-34(5-3-7-38(26)47-42(52)40-17-36(29-9-10-29)32(19-45-40)23-49-15-13-28(21-49)25-51)35-6-4-8-39(27(35)2)48-43(53)41-18-37(30-11-12-30)33(20-46-41)24-50-16-14-31(22-50)44(54)55/h3-8,17-20,25,28-31,41,46H,9-16,21-24H2,1-2H3,(H,47,52)(H,48,53)(H,54,55)/t28-,31-,41?/m1/s1. The Morgan fingerprint density at radius 3 is 2.18 bits per heavy atom. The van der Waals surface area contributed by atoms with Crippen LogP contribution in [0.5, 0.6) is 0 Å². The number of dihydropyridines is 1. The molecule has 4 N–H and O–H groups in total. The van der Waals surface area contributed by atoms with Crippen LogP contribution in [-0.2, 0) is 20.9 Å². The number of aldehydes is 1. The second-order valence-corrected chi connectivity index (χ2v) is 16.1. The summed E-state index contributed by atoms with van der Waals surface area (Å²) in [5.74, 6) is -0.468. The maximum absolute atomic E-state index is 13.7. The minimum Gasteiger partial charge on any atom is -0.481 e. The van der Waals surface area contributed by atoms with Crippen molar-refractivity contribution in [1.82, 2.24) is 20.1 Å². The number of aliphatic carboxylic acids is 1. The van der Waals surface area contributed by atoms with Gasteiger partial charge < -0.3 is 25.9 Å². The molecule has 286 valence electrons. The highest BCUT2D eigenvalue weighted by molar-refractivity contribution is 6.04. The van der Waals surface area contributed by atoms with Gasteiger partial charge in [-0.1, -0.05) is 24.3 Å². The normalized spacial score (nSPS) is 22.8. The van der Waals surface area contributed by atoms with Crippen LogP contribution in [0.4, 0.5) is 11.4 Å². The van der Waals surface area contributed by atoms with E-state index in [1.165, 1.54) is 11.1 Å². The lowest BCUT2D eigenvalue weighted by molar-refractivity contribution is -0.141. The summed E-state index contributed by atoms with van der Waals surface area (Å²) in [5, 5.41) is 19.0. The van der Waals surface area contributed by atoms with Crippen molar-refractivity contribution >= 4 is 35.4 Å². The number of carboxylic acid groups (broad SMARTS) is 1. The molecule has 0 radical (unpaired) electrons. The lowest BCUT2D eigenvalue weighted by Gasteiger charge is -2.26. The summed E-state index contributed by atoms with van der Waals surface area (Å²) < 4.78 is 0. The van der Waals surface area contributed by atoms with E-state index in [9.17, 15) is 24.3 Å². The zero-order chi connectivity index (χ0) is 38.2. The average Bonchev–Trinajstić information content (AvgIpc) is 4.12. The fourth-order valence-corrected chi connectivity index (χ4v) is 8.52. The number of benzene rings is 2. The van der Waals surface area contributed by atoms with Gasteiger partial charge in [-0.2, -0.15) is 0 Å². The highest BCUT2D eigenvalue weighted by atomic mass is 16.4. The van der Waals surface area contributed by atoms with Crippen LogP contribution < -0.4 is 16.0 Å². The molecule has 3 aliphatic heterocycles. The number of rotatable bonds is 13. The number of carbonyl (C=O) groups excluding carboxylic acids is 3. The predicted molar refractivity (Wildman–Crippen MR) is 212 cm³/mol. The minimum absolute atomic E-state index is 0.0964. The van der Waals surface area contributed by atoms with Gasteiger partial charge in [0.1, 0.15) is 18.0 Å². The lowest BCUT2D eigenvalue weighted by Crippen LogP contribution is -2.40. The smallest absolute Gasteiger partial charge is 0.307 e. The quantitative estimate of drug-likeness (QED) is 0.154. The summed E-state index contributed by atoms with van der Waals surface area (Å²) >= 11 is 0. The third-order valence-corrected chi connectivity index (χ3v) is 12.1. The highest BCUT2D eigenvalue weighted by Crippen LogP contribution is 2.43. The number of nitrogens with one attached hydrogen (secondary N) is 3. The van der Waals surface area contributed by atoms with Gasteiger partial charge in [0.05, 0.1) is 5.92 Å². The number of aromatic nitrogens is 1. The second kappa shape index (κ2) is 15.5. The van der Waals surface area contributed by atoms with Gasteiger partial charge in [0.2, 0.25) is 0 Å². The van der Waals surface area contributed by atoms with Crippen LogP contribution in [0.3, 0.4) is 0 Å². The molecular formula is C44H50N6O5. The number of anilines is 2. The minimum atomic E-state index is -0.732. The molecule has 2 saturated heterocycles. The molecule has 4 fully saturated rings. The van der Waals surface area contributed by atoms with E-state index in [2.05, 4.69) is 36.8 Å². The van der Waals surface area contributed by atoms with Crippen LogP contribution in [0, 0.1) is 31.6 Å². The molecule has 2 amide bonds. The summed E-state index contributed by atoms with van der Waals surface area (Å²) in [6.07, 6.45) is 12.9. The SMILES string of the molecule is Cc1c(NC(=O)c2cc(C3CC3)c(CN3CC[C@@H](C=O)C3)cn2)cccc1-c1cccc(NC(=O)C2C=C(C3CC3)C(CN3CC[C@@H](C(=O)O)C3)=CN2)c1C. The molecule has 55 heavy (non-hydrogen) atoms. The van der Waals surface area contributed by atoms with Gasteiger partial charge in [0.25, 0.3) is 11.8 Å². The fraction of sp³-hybridized carbons (Fsp3) is 0.432. The first-order chi connectivity index (χ1) is 26.6. The molecule has 5 aliphatic rings. The van der Waals surface area contributed by atoms with Crippen LogP contribution in [0.25, 0.3) is 11.1 Å². The van der Waals surface area contributed by atoms with Crippen LogP contribution >= 0.6 is 0 Å². The van der Waals surface area contributed by atoms with Crippen molar-refractivity contribution < 1.29 is 24.3 Å². The van der Waals surface area contributed by atoms with Crippen molar-refractivity contribution in [2.45, 2.75) is 70.9 Å². The van der Waals surface area contributed by atoms with E-state index in [-0.39, 0.29) is 23.7 Å². The van der Waals surface area contributed by atoms with Crippen molar-refractivity contribution in [3.63, 3.8) is 0 Å². The Morgan fingerprint density at radius 1 is 0.873 bits per heavy atom. The summed E-state index contributed by atoms with van der Waals surface area (Å²) in [6.45, 7) is 8.40. The Kier molecular flexibility index (Phi) is 10.4. The molecule has 0 bridgehead atoms. The van der Waals surface area contributed by atoms with Crippen molar-refractivity contribution in [3.8, 4) is 11.1 Å². The number of hydrogen-bond donors (Lipinski definition) is 4. The number of amides is 2. The number of likely N-dealkylation sites (tertiary alicyclic amines) is 2. The van der Waals surface area contributed by atoms with Gasteiger partial charge in [0, 0.05) is 55.9 Å². The zero-order valence-electron chi connectivity index (χ0n) is 31.6. The fourth-order valence-electron chi connectivity index (χ4n) is 8.52. The van der Waals surface area contributed by atoms with Crippen molar-refractivity contribution in [3.05, 3.63) is 100 Å². The maximum atomic E-state index is 13.7. The van der Waals surface area contributed by atoms with Gasteiger partial charge in [-0.05, 0) is 146 Å². The molecule has 1 unspecified atom stereocenters. The van der Waals surface area contributed by atoms with Gasteiger partial charge in [0.15, 0.2) is 0 Å². The molecule has 2 saturated carbocycles. The van der Waals surface area contributed by atoms with Crippen molar-refractivity contribution in [2.24, 2.45) is 17.8 Å².